The third-order valence-electron chi connectivity index (χ3n) is 3.19. The summed E-state index contributed by atoms with van der Waals surface area (Å²) in [6.07, 6.45) is 0. The predicted molar refractivity (Wildman–Crippen MR) is 82.5 cm³/mol. The highest BCUT2D eigenvalue weighted by molar-refractivity contribution is 5.45. The van der Waals surface area contributed by atoms with E-state index in [2.05, 4.69) is 79.8 Å². The molecule has 0 atom stereocenters. The highest BCUT2D eigenvalue weighted by Gasteiger charge is 1.97. The molecule has 2 rings (SSSR count). The molecule has 19 heavy (non-hydrogen) atoms. The highest BCUT2D eigenvalue weighted by atomic mass is 15.1. The fourth-order valence-electron chi connectivity index (χ4n) is 2.09. The van der Waals surface area contributed by atoms with Gasteiger partial charge < -0.3 is 10.2 Å². The molecule has 0 heterocycles. The fourth-order valence-corrected chi connectivity index (χ4v) is 2.09. The zero-order chi connectivity index (χ0) is 13.7. The Hall–Kier alpha value is -1.80. The monoisotopic (exact) mass is 254 g/mol. The van der Waals surface area contributed by atoms with E-state index in [0.29, 0.717) is 0 Å². The molecule has 100 valence electrons. The van der Waals surface area contributed by atoms with E-state index in [9.17, 15) is 0 Å². The molecule has 0 aliphatic rings. The van der Waals surface area contributed by atoms with Crippen LogP contribution in [0.5, 0.6) is 0 Å². The molecule has 0 saturated heterocycles. The molecule has 0 radical (unpaired) electrons. The summed E-state index contributed by atoms with van der Waals surface area (Å²) in [5, 5.41) is 3.48. The molecule has 0 unspecified atom stereocenters. The van der Waals surface area contributed by atoms with Crippen molar-refractivity contribution >= 4 is 5.69 Å². The molecule has 0 aliphatic heterocycles. The second-order valence-corrected chi connectivity index (χ2v) is 5.15. The number of hydrogen-bond acceptors (Lipinski definition) is 2. The number of nitrogens with zero attached hydrogens (tertiary/aromatic N) is 1. The van der Waals surface area contributed by atoms with Crippen LogP contribution in [0.25, 0.3) is 0 Å². The lowest BCUT2D eigenvalue weighted by atomic mass is 10.1. The number of nitrogens with one attached hydrogen (secondary N) is 1. The van der Waals surface area contributed by atoms with E-state index in [0.717, 1.165) is 13.1 Å². The summed E-state index contributed by atoms with van der Waals surface area (Å²) in [6.45, 7) is 3.95. The lowest BCUT2D eigenvalue weighted by Crippen LogP contribution is -2.13. The summed E-state index contributed by atoms with van der Waals surface area (Å²) in [5.41, 5.74) is 5.21. The van der Waals surface area contributed by atoms with Crippen molar-refractivity contribution < 1.29 is 0 Å². The van der Waals surface area contributed by atoms with E-state index in [-0.39, 0.29) is 0 Å². The van der Waals surface area contributed by atoms with Gasteiger partial charge in [-0.05, 0) is 30.2 Å². The van der Waals surface area contributed by atoms with Crippen LogP contribution in [-0.2, 0) is 13.1 Å². The Balaban J connectivity index is 1.85. The number of anilines is 1. The molecule has 0 aliphatic carbocycles. The first-order valence-corrected chi connectivity index (χ1v) is 6.67. The molecule has 2 nitrogen and oxygen atoms in total. The van der Waals surface area contributed by atoms with E-state index >= 15 is 0 Å². The summed E-state index contributed by atoms with van der Waals surface area (Å²) in [5.74, 6) is 0. The second kappa shape index (κ2) is 6.39. The summed E-state index contributed by atoms with van der Waals surface area (Å²) >= 11 is 0. The van der Waals surface area contributed by atoms with Gasteiger partial charge in [0.1, 0.15) is 0 Å². The molecule has 0 spiro atoms. The van der Waals surface area contributed by atoms with Crippen molar-refractivity contribution in [3.8, 4) is 0 Å². The molecule has 2 heteroatoms. The first kappa shape index (κ1) is 13.6. The van der Waals surface area contributed by atoms with Gasteiger partial charge in [-0.1, -0.05) is 42.0 Å². The molecule has 0 bridgehead atoms. The third kappa shape index (κ3) is 4.11. The van der Waals surface area contributed by atoms with Crippen LogP contribution in [0.4, 0.5) is 5.69 Å². The minimum atomic E-state index is 0.904. The first-order valence-electron chi connectivity index (χ1n) is 6.67. The number of benzene rings is 2. The lowest BCUT2D eigenvalue weighted by molar-refractivity contribution is 0.693. The molecular weight excluding hydrogens is 232 g/mol. The smallest absolute Gasteiger partial charge is 0.0361 e. The van der Waals surface area contributed by atoms with Crippen LogP contribution in [0.1, 0.15) is 16.7 Å². The van der Waals surface area contributed by atoms with Crippen LogP contribution < -0.4 is 10.2 Å². The van der Waals surface area contributed by atoms with E-state index in [1.165, 1.54) is 22.4 Å². The van der Waals surface area contributed by atoms with Crippen molar-refractivity contribution in [1.29, 1.82) is 0 Å². The zero-order valence-electron chi connectivity index (χ0n) is 12.0. The van der Waals surface area contributed by atoms with Crippen molar-refractivity contribution in [2.75, 3.05) is 19.0 Å². The molecule has 0 aromatic heterocycles. The highest BCUT2D eigenvalue weighted by Crippen LogP contribution is 2.12. The van der Waals surface area contributed by atoms with Crippen LogP contribution >= 0.6 is 0 Å². The van der Waals surface area contributed by atoms with Gasteiger partial charge in [0.2, 0.25) is 0 Å². The van der Waals surface area contributed by atoms with Gasteiger partial charge in [-0.2, -0.15) is 0 Å². The normalized spacial score (nSPS) is 10.5. The molecule has 0 saturated carbocycles. The van der Waals surface area contributed by atoms with Crippen molar-refractivity contribution in [1.82, 2.24) is 5.32 Å². The average Bonchev–Trinajstić information content (AvgIpc) is 2.39. The second-order valence-electron chi connectivity index (χ2n) is 5.15. The largest absolute Gasteiger partial charge is 0.378 e. The van der Waals surface area contributed by atoms with E-state index in [1.807, 2.05) is 0 Å². The van der Waals surface area contributed by atoms with Gasteiger partial charge in [0, 0.05) is 32.9 Å². The van der Waals surface area contributed by atoms with Crippen LogP contribution in [0.3, 0.4) is 0 Å². The Morgan fingerprint density at radius 1 is 0.895 bits per heavy atom. The Morgan fingerprint density at radius 3 is 2.21 bits per heavy atom. The fraction of sp³-hybridized carbons (Fsp3) is 0.294. The molecule has 2 aromatic rings. The van der Waals surface area contributed by atoms with Crippen molar-refractivity contribution in [2.45, 2.75) is 20.0 Å². The minimum Gasteiger partial charge on any atom is -0.378 e. The zero-order valence-corrected chi connectivity index (χ0v) is 12.0. The SMILES string of the molecule is Cc1cccc(CNCc2ccc(N(C)C)cc2)c1. The van der Waals surface area contributed by atoms with E-state index in [4.69, 9.17) is 0 Å². The maximum Gasteiger partial charge on any atom is 0.0361 e. The summed E-state index contributed by atoms with van der Waals surface area (Å²) in [6, 6.07) is 17.3. The van der Waals surface area contributed by atoms with Gasteiger partial charge in [-0.15, -0.1) is 0 Å². The summed E-state index contributed by atoms with van der Waals surface area (Å²) in [7, 11) is 4.12. The number of rotatable bonds is 5. The Labute approximate surface area is 116 Å². The minimum absolute atomic E-state index is 0.904. The van der Waals surface area contributed by atoms with Crippen LogP contribution in [-0.4, -0.2) is 14.1 Å². The van der Waals surface area contributed by atoms with Gasteiger partial charge >= 0.3 is 0 Å². The Bertz CT molecular complexity index is 515. The maximum absolute atomic E-state index is 3.48. The molecule has 1 N–H and O–H groups in total. The van der Waals surface area contributed by atoms with Crippen LogP contribution in [0.15, 0.2) is 48.5 Å². The van der Waals surface area contributed by atoms with Gasteiger partial charge in [0.05, 0.1) is 0 Å². The van der Waals surface area contributed by atoms with Gasteiger partial charge in [-0.3, -0.25) is 0 Å². The summed E-state index contributed by atoms with van der Waals surface area (Å²) in [4.78, 5) is 2.12. The van der Waals surface area contributed by atoms with Crippen molar-refractivity contribution in [3.05, 3.63) is 65.2 Å². The number of aryl methyl sites for hydroxylation is 1. The standard InChI is InChI=1S/C17H22N2/c1-14-5-4-6-16(11-14)13-18-12-15-7-9-17(10-8-15)19(2)3/h4-11,18H,12-13H2,1-3H3. The topological polar surface area (TPSA) is 15.3 Å². The van der Waals surface area contributed by atoms with Crippen molar-refractivity contribution in [3.63, 3.8) is 0 Å². The van der Waals surface area contributed by atoms with E-state index < -0.39 is 0 Å². The number of hydrogen-bond donors (Lipinski definition) is 1. The van der Waals surface area contributed by atoms with Crippen LogP contribution in [0.2, 0.25) is 0 Å². The lowest BCUT2D eigenvalue weighted by Gasteiger charge is -2.13. The quantitative estimate of drug-likeness (QED) is 0.880. The molecule has 2 aromatic carbocycles. The van der Waals surface area contributed by atoms with Crippen LogP contribution in [0, 0.1) is 6.92 Å². The predicted octanol–water partition coefficient (Wildman–Crippen LogP) is 3.35. The van der Waals surface area contributed by atoms with Gasteiger partial charge in [0.15, 0.2) is 0 Å². The van der Waals surface area contributed by atoms with Gasteiger partial charge in [-0.25, -0.2) is 0 Å². The van der Waals surface area contributed by atoms with Crippen molar-refractivity contribution in [2.24, 2.45) is 0 Å². The molecule has 0 fully saturated rings. The molecular formula is C17H22N2. The van der Waals surface area contributed by atoms with Gasteiger partial charge in [0.25, 0.3) is 0 Å². The molecule has 0 amide bonds. The first-order chi connectivity index (χ1) is 9.15. The third-order valence-corrected chi connectivity index (χ3v) is 3.19. The Kier molecular flexibility index (Phi) is 4.58. The van der Waals surface area contributed by atoms with E-state index in [1.54, 1.807) is 0 Å². The Morgan fingerprint density at radius 2 is 1.58 bits per heavy atom. The maximum atomic E-state index is 3.48. The summed E-state index contributed by atoms with van der Waals surface area (Å²) < 4.78 is 0. The average molecular weight is 254 g/mol.